The van der Waals surface area contributed by atoms with Gasteiger partial charge in [-0.25, -0.2) is 0 Å². The lowest BCUT2D eigenvalue weighted by Gasteiger charge is -2.26. The normalized spacial score (nSPS) is 14.0. The molecule has 19 heavy (non-hydrogen) atoms. The molecule has 0 saturated heterocycles. The quantitative estimate of drug-likeness (QED) is 0.669. The molecule has 0 aromatic heterocycles. The first-order valence-electron chi connectivity index (χ1n) is 7.11. The highest BCUT2D eigenvalue weighted by molar-refractivity contribution is 5.78. The van der Waals surface area contributed by atoms with Crippen LogP contribution in [0.3, 0.4) is 0 Å². The zero-order valence-electron chi connectivity index (χ0n) is 12.0. The fourth-order valence-electron chi connectivity index (χ4n) is 2.07. The Morgan fingerprint density at radius 1 is 1.21 bits per heavy atom. The van der Waals surface area contributed by atoms with E-state index < -0.39 is 11.5 Å². The Labute approximate surface area is 116 Å². The molecule has 0 radical (unpaired) electrons. The minimum absolute atomic E-state index is 0.595. The predicted molar refractivity (Wildman–Crippen MR) is 78.1 cm³/mol. The van der Waals surface area contributed by atoms with Gasteiger partial charge in [0, 0.05) is 6.54 Å². The molecule has 1 aromatic rings. The second-order valence-corrected chi connectivity index (χ2v) is 5.29. The predicted octanol–water partition coefficient (Wildman–Crippen LogP) is 3.59. The molecular formula is C16H25NO2. The Morgan fingerprint density at radius 3 is 2.47 bits per heavy atom. The van der Waals surface area contributed by atoms with Crippen molar-refractivity contribution in [2.45, 2.75) is 58.0 Å². The number of benzene rings is 1. The third kappa shape index (κ3) is 5.43. The number of hydrogen-bond donors (Lipinski definition) is 2. The van der Waals surface area contributed by atoms with E-state index in [2.05, 4.69) is 12.2 Å². The monoisotopic (exact) mass is 263 g/mol. The summed E-state index contributed by atoms with van der Waals surface area (Å²) >= 11 is 0. The smallest absolute Gasteiger partial charge is 0.323 e. The highest BCUT2D eigenvalue weighted by atomic mass is 16.4. The molecule has 0 saturated carbocycles. The number of aliphatic carboxylic acids is 1. The maximum absolute atomic E-state index is 11.4. The van der Waals surface area contributed by atoms with E-state index in [0.29, 0.717) is 13.0 Å². The lowest BCUT2D eigenvalue weighted by molar-refractivity contribution is -0.144. The van der Waals surface area contributed by atoms with Crippen LogP contribution < -0.4 is 5.32 Å². The molecule has 0 amide bonds. The van der Waals surface area contributed by atoms with Crippen LogP contribution in [0.4, 0.5) is 0 Å². The van der Waals surface area contributed by atoms with Crippen LogP contribution >= 0.6 is 0 Å². The van der Waals surface area contributed by atoms with Gasteiger partial charge < -0.3 is 5.11 Å². The van der Waals surface area contributed by atoms with Gasteiger partial charge in [-0.05, 0) is 18.9 Å². The Hall–Kier alpha value is -1.35. The second-order valence-electron chi connectivity index (χ2n) is 5.29. The average Bonchev–Trinajstić information content (AvgIpc) is 2.42. The van der Waals surface area contributed by atoms with Crippen molar-refractivity contribution in [2.24, 2.45) is 0 Å². The standard InChI is InChI=1S/C16H25NO2/c1-3-4-5-9-12-16(2,15(18)19)17-13-14-10-7-6-8-11-14/h6-8,10-11,17H,3-5,9,12-13H2,1-2H3,(H,18,19). The first kappa shape index (κ1) is 15.7. The van der Waals surface area contributed by atoms with E-state index in [0.717, 1.165) is 18.4 Å². The van der Waals surface area contributed by atoms with Crippen molar-refractivity contribution in [3.05, 3.63) is 35.9 Å². The van der Waals surface area contributed by atoms with Gasteiger partial charge in [0.15, 0.2) is 0 Å². The molecule has 0 heterocycles. The minimum Gasteiger partial charge on any atom is -0.480 e. The molecule has 1 aromatic carbocycles. The van der Waals surface area contributed by atoms with Crippen LogP contribution in [0.2, 0.25) is 0 Å². The molecule has 1 unspecified atom stereocenters. The van der Waals surface area contributed by atoms with Gasteiger partial charge in [0.25, 0.3) is 0 Å². The minimum atomic E-state index is -0.830. The molecule has 3 nitrogen and oxygen atoms in total. The van der Waals surface area contributed by atoms with E-state index in [1.165, 1.54) is 12.8 Å². The number of carboxylic acid groups (broad SMARTS) is 1. The molecule has 0 fully saturated rings. The van der Waals surface area contributed by atoms with Gasteiger partial charge in [0.1, 0.15) is 5.54 Å². The number of unbranched alkanes of at least 4 members (excludes halogenated alkanes) is 3. The van der Waals surface area contributed by atoms with Gasteiger partial charge in [-0.2, -0.15) is 0 Å². The molecule has 0 aliphatic rings. The average molecular weight is 263 g/mol. The van der Waals surface area contributed by atoms with Gasteiger partial charge in [-0.15, -0.1) is 0 Å². The Balaban J connectivity index is 2.49. The van der Waals surface area contributed by atoms with Crippen molar-refractivity contribution in [3.8, 4) is 0 Å². The van der Waals surface area contributed by atoms with Gasteiger partial charge >= 0.3 is 5.97 Å². The van der Waals surface area contributed by atoms with Gasteiger partial charge in [-0.3, -0.25) is 10.1 Å². The summed E-state index contributed by atoms with van der Waals surface area (Å²) in [7, 11) is 0. The van der Waals surface area contributed by atoms with Crippen molar-refractivity contribution in [3.63, 3.8) is 0 Å². The maximum Gasteiger partial charge on any atom is 0.323 e. The molecule has 1 atom stereocenters. The maximum atomic E-state index is 11.4. The Bertz CT molecular complexity index is 378. The number of carboxylic acids is 1. The summed E-state index contributed by atoms with van der Waals surface area (Å²) in [5.74, 6) is -0.764. The topological polar surface area (TPSA) is 49.3 Å². The summed E-state index contributed by atoms with van der Waals surface area (Å²) in [6.07, 6.45) is 5.08. The third-order valence-electron chi connectivity index (χ3n) is 3.53. The molecule has 0 bridgehead atoms. The first-order chi connectivity index (χ1) is 9.08. The summed E-state index contributed by atoms with van der Waals surface area (Å²) in [6.45, 7) is 4.53. The summed E-state index contributed by atoms with van der Waals surface area (Å²) in [6, 6.07) is 9.91. The molecule has 106 valence electrons. The number of nitrogens with one attached hydrogen (secondary N) is 1. The van der Waals surface area contributed by atoms with Crippen LogP contribution in [0.1, 0.15) is 51.5 Å². The third-order valence-corrected chi connectivity index (χ3v) is 3.53. The lowest BCUT2D eigenvalue weighted by Crippen LogP contribution is -2.49. The summed E-state index contributed by atoms with van der Waals surface area (Å²) in [5, 5.41) is 12.6. The summed E-state index contributed by atoms with van der Waals surface area (Å²) < 4.78 is 0. The number of rotatable bonds is 9. The van der Waals surface area contributed by atoms with Crippen LogP contribution in [0.15, 0.2) is 30.3 Å². The van der Waals surface area contributed by atoms with Crippen molar-refractivity contribution in [1.29, 1.82) is 0 Å². The van der Waals surface area contributed by atoms with Crippen molar-refractivity contribution in [1.82, 2.24) is 5.32 Å². The van der Waals surface area contributed by atoms with Crippen LogP contribution in [0.25, 0.3) is 0 Å². The highest BCUT2D eigenvalue weighted by Gasteiger charge is 2.31. The van der Waals surface area contributed by atoms with E-state index in [9.17, 15) is 9.90 Å². The van der Waals surface area contributed by atoms with Crippen molar-refractivity contribution in [2.75, 3.05) is 0 Å². The van der Waals surface area contributed by atoms with Crippen LogP contribution in [0, 0.1) is 0 Å². The van der Waals surface area contributed by atoms with E-state index in [1.807, 2.05) is 30.3 Å². The summed E-state index contributed by atoms with van der Waals surface area (Å²) in [4.78, 5) is 11.4. The Morgan fingerprint density at radius 2 is 1.89 bits per heavy atom. The number of carbonyl (C=O) groups is 1. The molecule has 0 aliphatic heterocycles. The van der Waals surface area contributed by atoms with E-state index in [1.54, 1.807) is 6.92 Å². The van der Waals surface area contributed by atoms with E-state index in [-0.39, 0.29) is 0 Å². The first-order valence-corrected chi connectivity index (χ1v) is 7.11. The zero-order valence-corrected chi connectivity index (χ0v) is 12.0. The van der Waals surface area contributed by atoms with Gasteiger partial charge in [0.2, 0.25) is 0 Å². The van der Waals surface area contributed by atoms with Crippen molar-refractivity contribution < 1.29 is 9.90 Å². The van der Waals surface area contributed by atoms with Gasteiger partial charge in [0.05, 0.1) is 0 Å². The summed E-state index contributed by atoms with van der Waals surface area (Å²) in [5.41, 5.74) is 0.285. The molecule has 0 spiro atoms. The SMILES string of the molecule is CCCCCCC(C)(NCc1ccccc1)C(=O)O. The molecule has 3 heteroatoms. The number of hydrogen-bond acceptors (Lipinski definition) is 2. The Kier molecular flexibility index (Phi) is 6.57. The van der Waals surface area contributed by atoms with Gasteiger partial charge in [-0.1, -0.05) is 62.9 Å². The van der Waals surface area contributed by atoms with E-state index >= 15 is 0 Å². The zero-order chi connectivity index (χ0) is 14.1. The second kappa shape index (κ2) is 7.95. The molecule has 1 rings (SSSR count). The van der Waals surface area contributed by atoms with Crippen molar-refractivity contribution >= 4 is 5.97 Å². The fourth-order valence-corrected chi connectivity index (χ4v) is 2.07. The van der Waals surface area contributed by atoms with Crippen LogP contribution in [-0.4, -0.2) is 16.6 Å². The molecule has 2 N–H and O–H groups in total. The highest BCUT2D eigenvalue weighted by Crippen LogP contribution is 2.17. The van der Waals surface area contributed by atoms with Crippen LogP contribution in [-0.2, 0) is 11.3 Å². The lowest BCUT2D eigenvalue weighted by atomic mass is 9.93. The van der Waals surface area contributed by atoms with E-state index in [4.69, 9.17) is 0 Å². The fraction of sp³-hybridized carbons (Fsp3) is 0.562. The largest absolute Gasteiger partial charge is 0.480 e. The molecule has 0 aliphatic carbocycles. The molecular weight excluding hydrogens is 238 g/mol. The van der Waals surface area contributed by atoms with Crippen LogP contribution in [0.5, 0.6) is 0 Å².